The maximum atomic E-state index is 5.67. The minimum Gasteiger partial charge on any atom is -0.496 e. The topological polar surface area (TPSA) is 27.7 Å². The first-order valence-electron chi connectivity index (χ1n) is 7.69. The molecule has 0 bridgehead atoms. The molecule has 21 heavy (non-hydrogen) atoms. The van der Waals surface area contributed by atoms with Crippen molar-refractivity contribution in [1.29, 1.82) is 0 Å². The highest BCUT2D eigenvalue weighted by Gasteiger charge is 2.32. The lowest BCUT2D eigenvalue weighted by molar-refractivity contribution is 0.0888. The van der Waals surface area contributed by atoms with Crippen LogP contribution in [0.15, 0.2) is 12.1 Å². The van der Waals surface area contributed by atoms with Gasteiger partial charge < -0.3 is 15.0 Å². The van der Waals surface area contributed by atoms with Crippen molar-refractivity contribution in [1.82, 2.24) is 15.1 Å². The van der Waals surface area contributed by atoms with Crippen LogP contribution in [0.1, 0.15) is 22.7 Å². The van der Waals surface area contributed by atoms with Crippen molar-refractivity contribution in [2.75, 3.05) is 47.9 Å². The van der Waals surface area contributed by atoms with E-state index in [1.807, 2.05) is 7.05 Å². The molecular formula is C17H29N3O. The highest BCUT2D eigenvalue weighted by molar-refractivity contribution is 5.45. The number of rotatable bonds is 4. The van der Waals surface area contributed by atoms with Crippen molar-refractivity contribution in [2.24, 2.45) is 0 Å². The second kappa shape index (κ2) is 6.77. The summed E-state index contributed by atoms with van der Waals surface area (Å²) in [5.41, 5.74) is 3.84. The minimum absolute atomic E-state index is 0.272. The van der Waals surface area contributed by atoms with Crippen molar-refractivity contribution in [3.63, 3.8) is 0 Å². The van der Waals surface area contributed by atoms with Crippen LogP contribution in [0.3, 0.4) is 0 Å². The summed E-state index contributed by atoms with van der Waals surface area (Å²) in [6, 6.07) is 5.10. The van der Waals surface area contributed by atoms with Gasteiger partial charge in [-0.2, -0.15) is 0 Å². The zero-order valence-electron chi connectivity index (χ0n) is 14.2. The monoisotopic (exact) mass is 291 g/mol. The van der Waals surface area contributed by atoms with E-state index in [2.05, 4.69) is 55.2 Å². The number of piperazine rings is 1. The molecule has 0 saturated carbocycles. The van der Waals surface area contributed by atoms with Crippen molar-refractivity contribution >= 4 is 0 Å². The molecule has 4 nitrogen and oxygen atoms in total. The van der Waals surface area contributed by atoms with Gasteiger partial charge in [0.25, 0.3) is 0 Å². The molecule has 1 aliphatic rings. The van der Waals surface area contributed by atoms with Gasteiger partial charge in [0, 0.05) is 31.2 Å². The Morgan fingerprint density at radius 1 is 1.24 bits per heavy atom. The first-order chi connectivity index (χ1) is 9.97. The summed E-state index contributed by atoms with van der Waals surface area (Å²) < 4.78 is 5.67. The van der Waals surface area contributed by atoms with Crippen LogP contribution in [0.2, 0.25) is 0 Å². The lowest BCUT2D eigenvalue weighted by Gasteiger charge is -2.42. The van der Waals surface area contributed by atoms with Crippen LogP contribution in [0.5, 0.6) is 5.75 Å². The molecule has 2 unspecified atom stereocenters. The first kappa shape index (κ1) is 16.3. The molecule has 1 saturated heterocycles. The van der Waals surface area contributed by atoms with E-state index in [-0.39, 0.29) is 6.04 Å². The number of hydrogen-bond acceptors (Lipinski definition) is 4. The number of likely N-dealkylation sites (N-methyl/N-ethyl adjacent to an activating group) is 3. The van der Waals surface area contributed by atoms with Crippen molar-refractivity contribution < 1.29 is 4.74 Å². The maximum absolute atomic E-state index is 5.67. The van der Waals surface area contributed by atoms with Gasteiger partial charge in [-0.15, -0.1) is 0 Å². The van der Waals surface area contributed by atoms with Gasteiger partial charge in [0.05, 0.1) is 13.2 Å². The maximum Gasteiger partial charge on any atom is 0.124 e. The van der Waals surface area contributed by atoms with Crippen LogP contribution in [0.4, 0.5) is 0 Å². The van der Waals surface area contributed by atoms with Gasteiger partial charge in [0.2, 0.25) is 0 Å². The number of methoxy groups -OCH3 is 1. The second-order valence-corrected chi connectivity index (χ2v) is 6.27. The third-order valence-electron chi connectivity index (χ3n) is 4.62. The van der Waals surface area contributed by atoms with Crippen LogP contribution in [-0.4, -0.2) is 63.7 Å². The Morgan fingerprint density at radius 2 is 1.95 bits per heavy atom. The van der Waals surface area contributed by atoms with Gasteiger partial charge in [-0.1, -0.05) is 6.07 Å². The van der Waals surface area contributed by atoms with Crippen molar-refractivity contribution in [2.45, 2.75) is 25.9 Å². The third kappa shape index (κ3) is 3.39. The molecule has 1 N–H and O–H groups in total. The van der Waals surface area contributed by atoms with Crippen LogP contribution >= 0.6 is 0 Å². The molecule has 0 amide bonds. The third-order valence-corrected chi connectivity index (χ3v) is 4.62. The van der Waals surface area contributed by atoms with E-state index in [4.69, 9.17) is 4.74 Å². The standard InChI is InChI=1S/C17H29N3O/c1-12-9-13(2)16(15(10-12)21-6)17(18-3)14-11-19(4)7-8-20(14)5/h9-10,14,17-18H,7-8,11H2,1-6H3. The molecule has 0 spiro atoms. The SMILES string of the molecule is CNC(c1c(C)cc(C)cc1OC)C1CN(C)CCN1C. The second-order valence-electron chi connectivity index (χ2n) is 6.27. The molecule has 2 rings (SSSR count). The number of benzene rings is 1. The zero-order valence-corrected chi connectivity index (χ0v) is 14.2. The zero-order chi connectivity index (χ0) is 15.6. The summed E-state index contributed by atoms with van der Waals surface area (Å²) in [4.78, 5) is 4.87. The van der Waals surface area contributed by atoms with E-state index in [1.54, 1.807) is 7.11 Å². The molecule has 1 aliphatic heterocycles. The summed E-state index contributed by atoms with van der Waals surface area (Å²) in [6.45, 7) is 7.61. The van der Waals surface area contributed by atoms with Gasteiger partial charge in [0.15, 0.2) is 0 Å². The van der Waals surface area contributed by atoms with Gasteiger partial charge in [0.1, 0.15) is 5.75 Å². The predicted octanol–water partition coefficient (Wildman–Crippen LogP) is 1.82. The molecule has 0 aromatic heterocycles. The Hall–Kier alpha value is -1.10. The van der Waals surface area contributed by atoms with Crippen LogP contribution in [-0.2, 0) is 0 Å². The van der Waals surface area contributed by atoms with Crippen LogP contribution in [0.25, 0.3) is 0 Å². The molecule has 1 aromatic carbocycles. The van der Waals surface area contributed by atoms with Crippen molar-refractivity contribution in [3.8, 4) is 5.75 Å². The average Bonchev–Trinajstić information content (AvgIpc) is 2.44. The van der Waals surface area contributed by atoms with Crippen molar-refractivity contribution in [3.05, 3.63) is 28.8 Å². The average molecular weight is 291 g/mol. The van der Waals surface area contributed by atoms with Gasteiger partial charge in [-0.3, -0.25) is 4.90 Å². The Morgan fingerprint density at radius 3 is 2.57 bits per heavy atom. The molecule has 118 valence electrons. The van der Waals surface area contributed by atoms with Crippen LogP contribution in [0, 0.1) is 13.8 Å². The molecule has 4 heteroatoms. The fourth-order valence-corrected chi connectivity index (χ4v) is 3.44. The normalized spacial score (nSPS) is 22.3. The highest BCUT2D eigenvalue weighted by atomic mass is 16.5. The van der Waals surface area contributed by atoms with Gasteiger partial charge in [-0.25, -0.2) is 0 Å². The van der Waals surface area contributed by atoms with Gasteiger partial charge >= 0.3 is 0 Å². The van der Waals surface area contributed by atoms with E-state index in [1.165, 1.54) is 16.7 Å². The van der Waals surface area contributed by atoms with E-state index >= 15 is 0 Å². The molecular weight excluding hydrogens is 262 g/mol. The number of nitrogens with zero attached hydrogens (tertiary/aromatic N) is 2. The number of aryl methyl sites for hydroxylation is 2. The highest BCUT2D eigenvalue weighted by Crippen LogP contribution is 2.33. The van der Waals surface area contributed by atoms with E-state index in [0.717, 1.165) is 25.4 Å². The quantitative estimate of drug-likeness (QED) is 0.916. The van der Waals surface area contributed by atoms with E-state index < -0.39 is 0 Å². The lowest BCUT2D eigenvalue weighted by Crippen LogP contribution is -2.54. The Bertz CT molecular complexity index is 489. The fourth-order valence-electron chi connectivity index (χ4n) is 3.44. The summed E-state index contributed by atoms with van der Waals surface area (Å²) in [5, 5.41) is 3.53. The number of ether oxygens (including phenoxy) is 1. The van der Waals surface area contributed by atoms with Crippen LogP contribution < -0.4 is 10.1 Å². The molecule has 1 fully saturated rings. The van der Waals surface area contributed by atoms with E-state index in [0.29, 0.717) is 6.04 Å². The molecule has 1 heterocycles. The first-order valence-corrected chi connectivity index (χ1v) is 7.69. The Kier molecular flexibility index (Phi) is 5.25. The summed E-state index contributed by atoms with van der Waals surface area (Å²) in [7, 11) is 8.23. The summed E-state index contributed by atoms with van der Waals surface area (Å²) in [6.07, 6.45) is 0. The fraction of sp³-hybridized carbons (Fsp3) is 0.647. The van der Waals surface area contributed by atoms with E-state index in [9.17, 15) is 0 Å². The summed E-state index contributed by atoms with van der Waals surface area (Å²) >= 11 is 0. The molecule has 1 aromatic rings. The van der Waals surface area contributed by atoms with Gasteiger partial charge in [-0.05, 0) is 52.2 Å². The Balaban J connectivity index is 2.41. The minimum atomic E-state index is 0.272. The number of hydrogen-bond donors (Lipinski definition) is 1. The largest absolute Gasteiger partial charge is 0.496 e. The Labute approximate surface area is 129 Å². The smallest absolute Gasteiger partial charge is 0.124 e. The molecule has 0 radical (unpaired) electrons. The number of nitrogens with one attached hydrogen (secondary N) is 1. The predicted molar refractivity (Wildman–Crippen MR) is 88.2 cm³/mol. The molecule has 2 atom stereocenters. The lowest BCUT2D eigenvalue weighted by atomic mass is 9.91. The summed E-state index contributed by atoms with van der Waals surface area (Å²) in [5.74, 6) is 0.994. The molecule has 0 aliphatic carbocycles.